The monoisotopic (exact) mass is 225 g/mol. The summed E-state index contributed by atoms with van der Waals surface area (Å²) in [4.78, 5) is 11.7. The number of carbonyl (C=O) groups is 1. The van der Waals surface area contributed by atoms with Crippen LogP contribution in [0.15, 0.2) is 30.3 Å². The number of hydrogen-bond donors (Lipinski definition) is 1. The third-order valence-electron chi connectivity index (χ3n) is 3.00. The number of amides is 1. The van der Waals surface area contributed by atoms with E-state index in [9.17, 15) is 13.6 Å². The fourth-order valence-corrected chi connectivity index (χ4v) is 1.85. The average Bonchev–Trinajstić information content (AvgIpc) is 2.24. The molecule has 0 heterocycles. The van der Waals surface area contributed by atoms with E-state index >= 15 is 0 Å². The number of halogens is 2. The lowest BCUT2D eigenvalue weighted by Crippen LogP contribution is -2.49. The van der Waals surface area contributed by atoms with Crippen molar-refractivity contribution in [1.82, 2.24) is 5.32 Å². The maximum atomic E-state index is 12.4. The van der Waals surface area contributed by atoms with Gasteiger partial charge in [-0.15, -0.1) is 0 Å². The molecule has 0 aromatic heterocycles. The number of hydrogen-bond acceptors (Lipinski definition) is 1. The minimum absolute atomic E-state index is 0.268. The van der Waals surface area contributed by atoms with Gasteiger partial charge in [0.1, 0.15) is 0 Å². The van der Waals surface area contributed by atoms with Gasteiger partial charge in [-0.25, -0.2) is 8.78 Å². The predicted octanol–water partition coefficient (Wildman–Crippen LogP) is 2.46. The second kappa shape index (κ2) is 4.60. The second-order valence-corrected chi connectivity index (χ2v) is 4.02. The molecule has 0 saturated heterocycles. The largest absolute Gasteiger partial charge is 0.349 e. The van der Waals surface area contributed by atoms with Crippen LogP contribution in [0, 0.1) is 5.92 Å². The summed E-state index contributed by atoms with van der Waals surface area (Å²) < 4.78 is 24.9. The van der Waals surface area contributed by atoms with Gasteiger partial charge in [-0.05, 0) is 25.0 Å². The fraction of sp³-hybridized carbons (Fsp3) is 0.417. The Morgan fingerprint density at radius 3 is 2.44 bits per heavy atom. The van der Waals surface area contributed by atoms with Gasteiger partial charge < -0.3 is 5.32 Å². The van der Waals surface area contributed by atoms with Gasteiger partial charge >= 0.3 is 0 Å². The van der Waals surface area contributed by atoms with Gasteiger partial charge in [0.25, 0.3) is 5.91 Å². The molecule has 1 saturated carbocycles. The molecule has 1 N–H and O–H groups in total. The zero-order valence-electron chi connectivity index (χ0n) is 8.70. The molecule has 0 radical (unpaired) electrons. The summed E-state index contributed by atoms with van der Waals surface area (Å²) in [7, 11) is 0. The first-order valence-electron chi connectivity index (χ1n) is 5.32. The highest BCUT2D eigenvalue weighted by atomic mass is 19.3. The number of rotatable bonds is 3. The summed E-state index contributed by atoms with van der Waals surface area (Å²) in [5, 5.41) is 2.65. The summed E-state index contributed by atoms with van der Waals surface area (Å²) in [6.07, 6.45) is -1.19. The Morgan fingerprint density at radius 2 is 1.94 bits per heavy atom. The number of nitrogens with one attached hydrogen (secondary N) is 1. The van der Waals surface area contributed by atoms with Crippen molar-refractivity contribution in [3.05, 3.63) is 35.9 Å². The molecule has 1 aliphatic rings. The Morgan fingerprint density at radius 1 is 1.25 bits per heavy atom. The van der Waals surface area contributed by atoms with Crippen molar-refractivity contribution in [2.75, 3.05) is 0 Å². The molecule has 0 bridgehead atoms. The first-order chi connectivity index (χ1) is 7.68. The zero-order valence-corrected chi connectivity index (χ0v) is 8.70. The molecule has 1 aromatic carbocycles. The standard InChI is InChI=1S/C12H13F2NO/c13-11(14)9-6-7-10(9)15-12(16)8-4-2-1-3-5-8/h1-5,9-11H,6-7H2,(H,15,16)/t9-,10-/m1/s1. The minimum Gasteiger partial charge on any atom is -0.349 e. The molecular formula is C12H13F2NO. The van der Waals surface area contributed by atoms with Gasteiger partial charge in [0.05, 0.1) is 0 Å². The quantitative estimate of drug-likeness (QED) is 0.841. The first kappa shape index (κ1) is 11.0. The summed E-state index contributed by atoms with van der Waals surface area (Å²) in [6, 6.07) is 8.28. The van der Waals surface area contributed by atoms with E-state index in [1.54, 1.807) is 24.3 Å². The van der Waals surface area contributed by atoms with Crippen molar-refractivity contribution in [3.8, 4) is 0 Å². The maximum absolute atomic E-state index is 12.4. The maximum Gasteiger partial charge on any atom is 0.251 e. The van der Waals surface area contributed by atoms with E-state index in [0.29, 0.717) is 18.4 Å². The summed E-state index contributed by atoms with van der Waals surface area (Å²) in [5.41, 5.74) is 0.516. The molecule has 2 atom stereocenters. The molecule has 86 valence electrons. The van der Waals surface area contributed by atoms with E-state index in [4.69, 9.17) is 0 Å². The summed E-state index contributed by atoms with van der Waals surface area (Å²) >= 11 is 0. The molecule has 0 unspecified atom stereocenters. The van der Waals surface area contributed by atoms with E-state index in [2.05, 4.69) is 5.32 Å². The highest BCUT2D eigenvalue weighted by Crippen LogP contribution is 2.32. The lowest BCUT2D eigenvalue weighted by Gasteiger charge is -2.36. The van der Waals surface area contributed by atoms with Crippen LogP contribution in [-0.4, -0.2) is 18.4 Å². The third kappa shape index (κ3) is 2.21. The smallest absolute Gasteiger partial charge is 0.251 e. The molecule has 1 amide bonds. The Balaban J connectivity index is 1.94. The molecule has 1 fully saturated rings. The third-order valence-corrected chi connectivity index (χ3v) is 3.00. The van der Waals surface area contributed by atoms with Crippen molar-refractivity contribution in [2.24, 2.45) is 5.92 Å². The number of alkyl halides is 2. The normalized spacial score (nSPS) is 23.9. The zero-order chi connectivity index (χ0) is 11.5. The minimum atomic E-state index is -2.34. The van der Waals surface area contributed by atoms with Crippen molar-refractivity contribution in [3.63, 3.8) is 0 Å². The molecule has 0 aliphatic heterocycles. The number of carbonyl (C=O) groups excluding carboxylic acids is 1. The van der Waals surface area contributed by atoms with Crippen molar-refractivity contribution in [1.29, 1.82) is 0 Å². The molecule has 1 aromatic rings. The molecule has 4 heteroatoms. The van der Waals surface area contributed by atoms with Crippen molar-refractivity contribution < 1.29 is 13.6 Å². The van der Waals surface area contributed by atoms with E-state index in [1.807, 2.05) is 6.07 Å². The SMILES string of the molecule is O=C(N[C@@H]1CC[C@H]1C(F)F)c1ccccc1. The Labute approximate surface area is 92.7 Å². The summed E-state index contributed by atoms with van der Waals surface area (Å²) in [5.74, 6) is -0.941. The topological polar surface area (TPSA) is 29.1 Å². The van der Waals surface area contributed by atoms with Crippen molar-refractivity contribution in [2.45, 2.75) is 25.3 Å². The first-order valence-corrected chi connectivity index (χ1v) is 5.32. The van der Waals surface area contributed by atoms with E-state index in [0.717, 1.165) is 0 Å². The van der Waals surface area contributed by atoms with Gasteiger partial charge in [0.15, 0.2) is 0 Å². The lowest BCUT2D eigenvalue weighted by molar-refractivity contribution is 0.00827. The Kier molecular flexibility index (Phi) is 3.17. The predicted molar refractivity (Wildman–Crippen MR) is 56.4 cm³/mol. The van der Waals surface area contributed by atoms with Gasteiger partial charge in [0.2, 0.25) is 6.43 Å². The molecular weight excluding hydrogens is 212 g/mol. The number of benzene rings is 1. The lowest BCUT2D eigenvalue weighted by atomic mass is 9.79. The molecule has 0 spiro atoms. The van der Waals surface area contributed by atoms with Crippen LogP contribution in [0.1, 0.15) is 23.2 Å². The van der Waals surface area contributed by atoms with E-state index in [1.165, 1.54) is 0 Å². The van der Waals surface area contributed by atoms with Gasteiger partial charge in [0, 0.05) is 17.5 Å². The molecule has 16 heavy (non-hydrogen) atoms. The Hall–Kier alpha value is -1.45. The van der Waals surface area contributed by atoms with Gasteiger partial charge in [-0.3, -0.25) is 4.79 Å². The average molecular weight is 225 g/mol. The second-order valence-electron chi connectivity index (χ2n) is 4.02. The van der Waals surface area contributed by atoms with E-state index < -0.39 is 12.3 Å². The van der Waals surface area contributed by atoms with Gasteiger partial charge in [-0.2, -0.15) is 0 Å². The molecule has 2 nitrogen and oxygen atoms in total. The molecule has 2 rings (SSSR count). The molecule has 1 aliphatic carbocycles. The van der Waals surface area contributed by atoms with Crippen LogP contribution in [0.5, 0.6) is 0 Å². The van der Waals surface area contributed by atoms with Crippen LogP contribution < -0.4 is 5.32 Å². The Bertz CT molecular complexity index is 367. The van der Waals surface area contributed by atoms with Crippen LogP contribution in [-0.2, 0) is 0 Å². The van der Waals surface area contributed by atoms with Gasteiger partial charge in [-0.1, -0.05) is 18.2 Å². The van der Waals surface area contributed by atoms with Crippen LogP contribution in [0.25, 0.3) is 0 Å². The van der Waals surface area contributed by atoms with Crippen LogP contribution >= 0.6 is 0 Å². The van der Waals surface area contributed by atoms with Crippen molar-refractivity contribution >= 4 is 5.91 Å². The summed E-state index contributed by atoms with van der Waals surface area (Å²) in [6.45, 7) is 0. The fourth-order valence-electron chi connectivity index (χ4n) is 1.85. The van der Waals surface area contributed by atoms with Crippen LogP contribution in [0.2, 0.25) is 0 Å². The highest BCUT2D eigenvalue weighted by Gasteiger charge is 2.38. The van der Waals surface area contributed by atoms with Crippen LogP contribution in [0.4, 0.5) is 8.78 Å². The van der Waals surface area contributed by atoms with E-state index in [-0.39, 0.29) is 11.9 Å². The van der Waals surface area contributed by atoms with Crippen LogP contribution in [0.3, 0.4) is 0 Å². The highest BCUT2D eigenvalue weighted by molar-refractivity contribution is 5.94.